The Morgan fingerprint density at radius 2 is 1.95 bits per heavy atom. The third-order valence-corrected chi connectivity index (χ3v) is 4.85. The number of esters is 1. The van der Waals surface area contributed by atoms with Crippen molar-refractivity contribution in [2.45, 2.75) is 50.2 Å². The van der Waals surface area contributed by atoms with E-state index < -0.39 is 0 Å². The number of nitrogens with zero attached hydrogens (tertiary/aromatic N) is 1. The first-order valence-electron chi connectivity index (χ1n) is 8.17. The summed E-state index contributed by atoms with van der Waals surface area (Å²) in [6, 6.07) is 9.82. The zero-order chi connectivity index (χ0) is 15.4. The summed E-state index contributed by atoms with van der Waals surface area (Å²) in [7, 11) is 0. The molecule has 1 atom stereocenters. The van der Waals surface area contributed by atoms with E-state index in [1.165, 1.54) is 6.42 Å². The minimum Gasteiger partial charge on any atom is -0.457 e. The zero-order valence-electron chi connectivity index (χ0n) is 13.0. The van der Waals surface area contributed by atoms with Crippen LogP contribution in [0.15, 0.2) is 30.3 Å². The Morgan fingerprint density at radius 3 is 2.64 bits per heavy atom. The van der Waals surface area contributed by atoms with Gasteiger partial charge in [-0.3, -0.25) is 9.69 Å². The Morgan fingerprint density at radius 1 is 1.23 bits per heavy atom. The van der Waals surface area contributed by atoms with Crippen LogP contribution in [0.4, 0.5) is 0 Å². The molecule has 2 aliphatic rings. The van der Waals surface area contributed by atoms with Crippen LogP contribution in [0.5, 0.6) is 0 Å². The molecule has 22 heavy (non-hydrogen) atoms. The van der Waals surface area contributed by atoms with Gasteiger partial charge < -0.3 is 4.74 Å². The molecule has 0 amide bonds. The molecule has 1 saturated heterocycles. The van der Waals surface area contributed by atoms with Crippen LogP contribution >= 0.6 is 0 Å². The second-order valence-electron chi connectivity index (χ2n) is 6.48. The molecule has 1 saturated carbocycles. The summed E-state index contributed by atoms with van der Waals surface area (Å²) in [5, 5.41) is 0. The van der Waals surface area contributed by atoms with E-state index in [0.29, 0.717) is 13.0 Å². The van der Waals surface area contributed by atoms with Gasteiger partial charge in [-0.05, 0) is 37.7 Å². The monoisotopic (exact) mass is 297 g/mol. The van der Waals surface area contributed by atoms with E-state index in [9.17, 15) is 4.79 Å². The highest BCUT2D eigenvalue weighted by Gasteiger charge is 2.46. The fourth-order valence-electron chi connectivity index (χ4n) is 3.73. The smallest absolute Gasteiger partial charge is 0.324 e. The molecule has 0 bridgehead atoms. The molecular formula is C19H23NO2. The van der Waals surface area contributed by atoms with Gasteiger partial charge in [0.15, 0.2) is 0 Å². The van der Waals surface area contributed by atoms with Crippen LogP contribution in [0.1, 0.15) is 37.7 Å². The molecule has 2 fully saturated rings. The Hall–Kier alpha value is -1.79. The summed E-state index contributed by atoms with van der Waals surface area (Å²) in [5.74, 6) is 2.61. The molecule has 3 nitrogen and oxygen atoms in total. The predicted molar refractivity (Wildman–Crippen MR) is 86.2 cm³/mol. The second kappa shape index (κ2) is 6.54. The number of benzene rings is 1. The minimum absolute atomic E-state index is 0.104. The van der Waals surface area contributed by atoms with Crippen LogP contribution < -0.4 is 0 Å². The third kappa shape index (κ3) is 3.18. The molecule has 0 N–H and O–H groups in total. The summed E-state index contributed by atoms with van der Waals surface area (Å²) in [5.41, 5.74) is 0.852. The number of morpholine rings is 1. The highest BCUT2D eigenvalue weighted by molar-refractivity contribution is 5.77. The van der Waals surface area contributed by atoms with E-state index in [1.54, 1.807) is 0 Å². The van der Waals surface area contributed by atoms with Gasteiger partial charge in [0.05, 0.1) is 6.54 Å². The van der Waals surface area contributed by atoms with Gasteiger partial charge in [-0.25, -0.2) is 0 Å². The SMILES string of the molecule is C#CCN1CC2(CCCCC2)OC(=O)[C@@H]1Cc1ccccc1. The van der Waals surface area contributed by atoms with E-state index in [1.807, 2.05) is 30.3 Å². The molecule has 0 radical (unpaired) electrons. The van der Waals surface area contributed by atoms with Gasteiger partial charge in [-0.15, -0.1) is 6.42 Å². The first-order valence-corrected chi connectivity index (χ1v) is 8.17. The van der Waals surface area contributed by atoms with Crippen molar-refractivity contribution in [1.29, 1.82) is 0 Å². The summed E-state index contributed by atoms with van der Waals surface area (Å²) in [6.07, 6.45) is 11.7. The Kier molecular flexibility index (Phi) is 4.49. The molecule has 0 aromatic heterocycles. The van der Waals surface area contributed by atoms with E-state index in [-0.39, 0.29) is 17.6 Å². The Balaban J connectivity index is 1.78. The molecule has 116 valence electrons. The van der Waals surface area contributed by atoms with Crippen molar-refractivity contribution >= 4 is 5.97 Å². The highest BCUT2D eigenvalue weighted by atomic mass is 16.6. The van der Waals surface area contributed by atoms with Crippen LogP contribution in [0.3, 0.4) is 0 Å². The molecular weight excluding hydrogens is 274 g/mol. The molecule has 3 rings (SSSR count). The zero-order valence-corrected chi connectivity index (χ0v) is 13.0. The lowest BCUT2D eigenvalue weighted by Crippen LogP contribution is -2.60. The van der Waals surface area contributed by atoms with Crippen LogP contribution in [-0.4, -0.2) is 35.6 Å². The van der Waals surface area contributed by atoms with Gasteiger partial charge in [0.2, 0.25) is 0 Å². The van der Waals surface area contributed by atoms with Gasteiger partial charge in [0.1, 0.15) is 11.6 Å². The number of carbonyl (C=O) groups is 1. The molecule has 1 aliphatic heterocycles. The van der Waals surface area contributed by atoms with Crippen molar-refractivity contribution in [2.24, 2.45) is 0 Å². The van der Waals surface area contributed by atoms with Crippen molar-refractivity contribution in [3.8, 4) is 12.3 Å². The fourth-order valence-corrected chi connectivity index (χ4v) is 3.73. The molecule has 3 heteroatoms. The van der Waals surface area contributed by atoms with Crippen LogP contribution in [0, 0.1) is 12.3 Å². The highest BCUT2D eigenvalue weighted by Crippen LogP contribution is 2.36. The molecule has 1 aromatic carbocycles. The van der Waals surface area contributed by atoms with Gasteiger partial charge in [0, 0.05) is 6.54 Å². The Labute approximate surface area is 132 Å². The maximum atomic E-state index is 12.6. The van der Waals surface area contributed by atoms with Crippen molar-refractivity contribution in [1.82, 2.24) is 4.90 Å². The number of hydrogen-bond donors (Lipinski definition) is 0. The molecule has 1 heterocycles. The first-order chi connectivity index (χ1) is 10.7. The van der Waals surface area contributed by atoms with E-state index in [4.69, 9.17) is 11.2 Å². The number of ether oxygens (including phenoxy) is 1. The average molecular weight is 297 g/mol. The van der Waals surface area contributed by atoms with Gasteiger partial charge in [-0.1, -0.05) is 42.7 Å². The third-order valence-electron chi connectivity index (χ3n) is 4.85. The molecule has 1 spiro atoms. The summed E-state index contributed by atoms with van der Waals surface area (Å²) in [4.78, 5) is 14.8. The number of rotatable bonds is 3. The van der Waals surface area contributed by atoms with Crippen molar-refractivity contribution in [3.05, 3.63) is 35.9 Å². The lowest BCUT2D eigenvalue weighted by atomic mass is 9.82. The second-order valence-corrected chi connectivity index (χ2v) is 6.48. The van der Waals surface area contributed by atoms with Gasteiger partial charge >= 0.3 is 5.97 Å². The average Bonchev–Trinajstić information content (AvgIpc) is 2.53. The predicted octanol–water partition coefficient (Wildman–Crippen LogP) is 2.79. The molecule has 1 aromatic rings. The lowest BCUT2D eigenvalue weighted by molar-refractivity contribution is -0.187. The normalized spacial score (nSPS) is 24.7. The summed E-state index contributed by atoms with van der Waals surface area (Å²) in [6.45, 7) is 1.29. The molecule has 1 aliphatic carbocycles. The standard InChI is InChI=1S/C19H23NO2/c1-2-13-20-15-19(11-7-4-8-12-19)22-18(21)17(20)14-16-9-5-3-6-10-16/h1,3,5-6,9-10,17H,4,7-8,11-15H2/t17-/m0/s1. The van der Waals surface area contributed by atoms with Crippen LogP contribution in [0.25, 0.3) is 0 Å². The summed E-state index contributed by atoms with van der Waals surface area (Å²) < 4.78 is 5.93. The maximum Gasteiger partial charge on any atom is 0.324 e. The van der Waals surface area contributed by atoms with E-state index in [2.05, 4.69) is 10.8 Å². The van der Waals surface area contributed by atoms with E-state index >= 15 is 0 Å². The van der Waals surface area contributed by atoms with Gasteiger partial charge in [-0.2, -0.15) is 0 Å². The Bertz CT molecular complexity index is 555. The van der Waals surface area contributed by atoms with Crippen molar-refractivity contribution < 1.29 is 9.53 Å². The van der Waals surface area contributed by atoms with Crippen LogP contribution in [-0.2, 0) is 16.0 Å². The number of carbonyl (C=O) groups excluding carboxylic acids is 1. The fraction of sp³-hybridized carbons (Fsp3) is 0.526. The van der Waals surface area contributed by atoms with Gasteiger partial charge in [0.25, 0.3) is 0 Å². The lowest BCUT2D eigenvalue weighted by Gasteiger charge is -2.47. The first kappa shape index (κ1) is 15.1. The van der Waals surface area contributed by atoms with Crippen LogP contribution in [0.2, 0.25) is 0 Å². The van der Waals surface area contributed by atoms with Crippen molar-refractivity contribution in [3.63, 3.8) is 0 Å². The molecule has 0 unspecified atom stereocenters. The maximum absolute atomic E-state index is 12.6. The minimum atomic E-state index is -0.292. The number of terminal acetylenes is 1. The quantitative estimate of drug-likeness (QED) is 0.635. The van der Waals surface area contributed by atoms with E-state index in [0.717, 1.165) is 37.8 Å². The largest absolute Gasteiger partial charge is 0.457 e. The topological polar surface area (TPSA) is 29.5 Å². The summed E-state index contributed by atoms with van der Waals surface area (Å²) >= 11 is 0. The van der Waals surface area contributed by atoms with Crippen molar-refractivity contribution in [2.75, 3.05) is 13.1 Å². The number of hydrogen-bond acceptors (Lipinski definition) is 3.